The van der Waals surface area contributed by atoms with E-state index in [0.717, 1.165) is 12.0 Å². The van der Waals surface area contributed by atoms with Gasteiger partial charge in [0.2, 0.25) is 0 Å². The average Bonchev–Trinajstić information content (AvgIpc) is 2.69. The van der Waals surface area contributed by atoms with Crippen LogP contribution < -0.4 is 5.32 Å². The number of rotatable bonds is 8. The second-order valence-electron chi connectivity index (χ2n) is 6.38. The Morgan fingerprint density at radius 3 is 2.04 bits per heavy atom. The Morgan fingerprint density at radius 2 is 1.41 bits per heavy atom. The Morgan fingerprint density at radius 1 is 0.815 bits per heavy atom. The van der Waals surface area contributed by atoms with Crippen LogP contribution in [0.5, 0.6) is 0 Å². The molecule has 0 aromatic heterocycles. The van der Waals surface area contributed by atoms with Gasteiger partial charge in [0.05, 0.1) is 10.6 Å². The zero-order valence-corrected chi connectivity index (χ0v) is 16.5. The molecule has 0 aliphatic heterocycles. The Kier molecular flexibility index (Phi) is 6.67. The van der Waals surface area contributed by atoms with Gasteiger partial charge in [-0.05, 0) is 41.8 Å². The SMILES string of the molecule is O=S(=O)(CCNC(Cc1ccccc1)c1ccccc1)c1ccc(Cl)cc1. The summed E-state index contributed by atoms with van der Waals surface area (Å²) in [5, 5.41) is 3.94. The lowest BCUT2D eigenvalue weighted by Crippen LogP contribution is -2.28. The van der Waals surface area contributed by atoms with E-state index in [4.69, 9.17) is 11.6 Å². The third kappa shape index (κ3) is 5.67. The lowest BCUT2D eigenvalue weighted by atomic mass is 9.99. The number of sulfone groups is 1. The van der Waals surface area contributed by atoms with Crippen molar-refractivity contribution in [2.45, 2.75) is 17.4 Å². The van der Waals surface area contributed by atoms with Gasteiger partial charge < -0.3 is 5.32 Å². The van der Waals surface area contributed by atoms with E-state index >= 15 is 0 Å². The predicted molar refractivity (Wildman–Crippen MR) is 111 cm³/mol. The summed E-state index contributed by atoms with van der Waals surface area (Å²) in [6, 6.07) is 26.7. The van der Waals surface area contributed by atoms with Gasteiger partial charge >= 0.3 is 0 Å². The van der Waals surface area contributed by atoms with Gasteiger partial charge in [-0.1, -0.05) is 72.3 Å². The van der Waals surface area contributed by atoms with Crippen molar-refractivity contribution in [2.75, 3.05) is 12.3 Å². The van der Waals surface area contributed by atoms with E-state index in [2.05, 4.69) is 29.6 Å². The molecule has 1 unspecified atom stereocenters. The molecule has 3 aromatic carbocycles. The van der Waals surface area contributed by atoms with Crippen LogP contribution in [0.3, 0.4) is 0 Å². The second kappa shape index (κ2) is 9.18. The molecule has 3 aromatic rings. The number of benzene rings is 3. The van der Waals surface area contributed by atoms with Gasteiger partial charge in [-0.15, -0.1) is 0 Å². The van der Waals surface area contributed by atoms with Crippen LogP contribution >= 0.6 is 11.6 Å². The summed E-state index contributed by atoms with van der Waals surface area (Å²) in [6.07, 6.45) is 0.797. The molecule has 0 amide bonds. The van der Waals surface area contributed by atoms with E-state index in [0.29, 0.717) is 16.5 Å². The zero-order valence-electron chi connectivity index (χ0n) is 14.9. The summed E-state index contributed by atoms with van der Waals surface area (Å²) in [5.41, 5.74) is 2.35. The molecule has 0 bridgehead atoms. The monoisotopic (exact) mass is 399 g/mol. The molecule has 1 N–H and O–H groups in total. The van der Waals surface area contributed by atoms with E-state index in [9.17, 15) is 8.42 Å². The first-order valence-corrected chi connectivity index (χ1v) is 10.9. The van der Waals surface area contributed by atoms with Crippen molar-refractivity contribution in [3.8, 4) is 0 Å². The third-order valence-electron chi connectivity index (χ3n) is 4.42. The van der Waals surface area contributed by atoms with Crippen LogP contribution in [-0.4, -0.2) is 20.7 Å². The fourth-order valence-corrected chi connectivity index (χ4v) is 4.27. The molecule has 3 rings (SSSR count). The minimum atomic E-state index is -3.35. The third-order valence-corrected chi connectivity index (χ3v) is 6.40. The molecular weight excluding hydrogens is 378 g/mol. The van der Waals surface area contributed by atoms with Crippen molar-refractivity contribution in [3.63, 3.8) is 0 Å². The van der Waals surface area contributed by atoms with Gasteiger partial charge in [-0.2, -0.15) is 0 Å². The number of hydrogen-bond donors (Lipinski definition) is 1. The van der Waals surface area contributed by atoms with E-state index in [-0.39, 0.29) is 11.8 Å². The van der Waals surface area contributed by atoms with Crippen molar-refractivity contribution in [1.82, 2.24) is 5.32 Å². The van der Waals surface area contributed by atoms with Gasteiger partial charge in [0.25, 0.3) is 0 Å². The van der Waals surface area contributed by atoms with Crippen molar-refractivity contribution in [1.29, 1.82) is 0 Å². The highest BCUT2D eigenvalue weighted by atomic mass is 35.5. The molecule has 0 radical (unpaired) electrons. The Bertz CT molecular complexity index is 943. The Labute approximate surface area is 165 Å². The number of nitrogens with one attached hydrogen (secondary N) is 1. The molecule has 0 fully saturated rings. The number of hydrogen-bond acceptors (Lipinski definition) is 3. The minimum absolute atomic E-state index is 0.0345. The Balaban J connectivity index is 1.68. The lowest BCUT2D eigenvalue weighted by Gasteiger charge is -2.19. The van der Waals surface area contributed by atoms with Crippen LogP contribution in [0, 0.1) is 0 Å². The van der Waals surface area contributed by atoms with Crippen molar-refractivity contribution >= 4 is 21.4 Å². The molecule has 27 heavy (non-hydrogen) atoms. The Hall–Kier alpha value is -2.14. The van der Waals surface area contributed by atoms with E-state index in [1.165, 1.54) is 5.56 Å². The first-order chi connectivity index (χ1) is 13.0. The smallest absolute Gasteiger partial charge is 0.179 e. The molecule has 1 atom stereocenters. The molecule has 0 aliphatic carbocycles. The standard InChI is InChI=1S/C22H22ClNO2S/c23-20-11-13-21(14-12-20)27(25,26)16-15-24-22(19-9-5-2-6-10-19)17-18-7-3-1-4-8-18/h1-14,22,24H,15-17H2. The van der Waals surface area contributed by atoms with Crippen LogP contribution in [0.15, 0.2) is 89.8 Å². The lowest BCUT2D eigenvalue weighted by molar-refractivity contribution is 0.542. The molecule has 0 spiro atoms. The maximum atomic E-state index is 12.5. The van der Waals surface area contributed by atoms with E-state index in [1.54, 1.807) is 24.3 Å². The fraction of sp³-hybridized carbons (Fsp3) is 0.182. The van der Waals surface area contributed by atoms with Crippen LogP contribution in [-0.2, 0) is 16.3 Å². The largest absolute Gasteiger partial charge is 0.309 e. The van der Waals surface area contributed by atoms with Crippen LogP contribution in [0.25, 0.3) is 0 Å². The minimum Gasteiger partial charge on any atom is -0.309 e. The molecule has 0 saturated heterocycles. The molecule has 0 saturated carbocycles. The highest BCUT2D eigenvalue weighted by Crippen LogP contribution is 2.19. The average molecular weight is 400 g/mol. The second-order valence-corrected chi connectivity index (χ2v) is 8.93. The maximum Gasteiger partial charge on any atom is 0.179 e. The van der Waals surface area contributed by atoms with Crippen LogP contribution in [0.1, 0.15) is 17.2 Å². The fourth-order valence-electron chi connectivity index (χ4n) is 2.97. The maximum absolute atomic E-state index is 12.5. The number of halogens is 1. The van der Waals surface area contributed by atoms with Gasteiger partial charge in [0.1, 0.15) is 0 Å². The molecule has 3 nitrogen and oxygen atoms in total. The summed E-state index contributed by atoms with van der Waals surface area (Å²) >= 11 is 5.85. The van der Waals surface area contributed by atoms with Gasteiger partial charge in [0.15, 0.2) is 9.84 Å². The molecule has 5 heteroatoms. The van der Waals surface area contributed by atoms with Crippen molar-refractivity contribution in [2.24, 2.45) is 0 Å². The van der Waals surface area contributed by atoms with Crippen molar-refractivity contribution in [3.05, 3.63) is 101 Å². The van der Waals surface area contributed by atoms with Crippen molar-refractivity contribution < 1.29 is 8.42 Å². The normalized spacial score (nSPS) is 12.6. The summed E-state index contributed by atoms with van der Waals surface area (Å²) < 4.78 is 25.1. The van der Waals surface area contributed by atoms with Crippen LogP contribution in [0.2, 0.25) is 5.02 Å². The molecular formula is C22H22ClNO2S. The summed E-state index contributed by atoms with van der Waals surface area (Å²) in [4.78, 5) is 0.299. The quantitative estimate of drug-likeness (QED) is 0.597. The van der Waals surface area contributed by atoms with E-state index < -0.39 is 9.84 Å². The van der Waals surface area contributed by atoms with Gasteiger partial charge in [-0.25, -0.2) is 8.42 Å². The molecule has 0 heterocycles. The van der Waals surface area contributed by atoms with Gasteiger partial charge in [0, 0.05) is 17.6 Å². The highest BCUT2D eigenvalue weighted by molar-refractivity contribution is 7.91. The topological polar surface area (TPSA) is 46.2 Å². The first-order valence-electron chi connectivity index (χ1n) is 8.85. The van der Waals surface area contributed by atoms with Crippen LogP contribution in [0.4, 0.5) is 0 Å². The summed E-state index contributed by atoms with van der Waals surface area (Å²) in [7, 11) is -3.35. The predicted octanol–water partition coefficient (Wildman–Crippen LogP) is 4.69. The summed E-state index contributed by atoms with van der Waals surface area (Å²) in [5.74, 6) is 0.0345. The highest BCUT2D eigenvalue weighted by Gasteiger charge is 2.17. The molecule has 0 aliphatic rings. The molecule has 140 valence electrons. The zero-order chi connectivity index (χ0) is 19.1. The first kappa shape index (κ1) is 19.6. The van der Waals surface area contributed by atoms with E-state index in [1.807, 2.05) is 36.4 Å². The van der Waals surface area contributed by atoms with Gasteiger partial charge in [-0.3, -0.25) is 0 Å². The summed E-state index contributed by atoms with van der Waals surface area (Å²) in [6.45, 7) is 0.372.